The maximum absolute atomic E-state index is 13.4. The van der Waals surface area contributed by atoms with Gasteiger partial charge in [0.1, 0.15) is 4.83 Å². The maximum atomic E-state index is 13.4. The second-order valence-electron chi connectivity index (χ2n) is 8.37. The monoisotopic (exact) mass is 495 g/mol. The van der Waals surface area contributed by atoms with Crippen LogP contribution in [0.5, 0.6) is 0 Å². The van der Waals surface area contributed by atoms with Crippen LogP contribution in [0.1, 0.15) is 43.0 Å². The second-order valence-corrected chi connectivity index (χ2v) is 12.6. The highest BCUT2D eigenvalue weighted by atomic mass is 32.2. The highest BCUT2D eigenvalue weighted by Crippen LogP contribution is 2.34. The maximum Gasteiger partial charge on any atom is 0.263 e. The minimum Gasteiger partial charge on any atom is -0.338 e. The minimum atomic E-state index is -3.07. The number of sulfone groups is 1. The Morgan fingerprint density at radius 1 is 1.34 bits per heavy atom. The zero-order valence-corrected chi connectivity index (χ0v) is 20.8. The normalized spacial score (nSPS) is 20.1. The molecule has 0 N–H and O–H groups in total. The molecule has 1 saturated heterocycles. The van der Waals surface area contributed by atoms with Gasteiger partial charge in [-0.15, -0.1) is 17.9 Å². The van der Waals surface area contributed by atoms with Crippen LogP contribution in [0.15, 0.2) is 22.6 Å². The van der Waals surface area contributed by atoms with E-state index in [1.54, 1.807) is 26.9 Å². The van der Waals surface area contributed by atoms with E-state index < -0.39 is 9.84 Å². The van der Waals surface area contributed by atoms with Gasteiger partial charge in [-0.1, -0.05) is 24.3 Å². The standard InChI is InChI=1S/C22H29N3O4S3/c1-3-11-25-21(27)19-16-8-6-5-7-9-17(16)31-20(19)23-22(25)30-13-18(26)24(4-2)15-10-12-32(28,29)14-15/h3,15H,1,4-14H2,2H3. The Balaban J connectivity index is 1.61. The molecule has 2 aromatic rings. The zero-order chi connectivity index (χ0) is 22.9. The molecule has 0 radical (unpaired) electrons. The van der Waals surface area contributed by atoms with Crippen LogP contribution >= 0.6 is 23.1 Å². The lowest BCUT2D eigenvalue weighted by Crippen LogP contribution is -2.42. The molecule has 0 saturated carbocycles. The first-order chi connectivity index (χ1) is 15.3. The number of thiophene rings is 1. The molecule has 1 aliphatic heterocycles. The summed E-state index contributed by atoms with van der Waals surface area (Å²) in [5, 5.41) is 1.25. The van der Waals surface area contributed by atoms with Gasteiger partial charge < -0.3 is 4.90 Å². The summed E-state index contributed by atoms with van der Waals surface area (Å²) in [5.74, 6) is 0.156. The molecule has 2 aromatic heterocycles. The lowest BCUT2D eigenvalue weighted by atomic mass is 10.1. The summed E-state index contributed by atoms with van der Waals surface area (Å²) in [6, 6.07) is -0.267. The van der Waals surface area contributed by atoms with E-state index in [1.165, 1.54) is 23.1 Å². The molecule has 10 heteroatoms. The lowest BCUT2D eigenvalue weighted by Gasteiger charge is -2.26. The van der Waals surface area contributed by atoms with Crippen molar-refractivity contribution < 1.29 is 13.2 Å². The first-order valence-electron chi connectivity index (χ1n) is 11.1. The van der Waals surface area contributed by atoms with E-state index in [2.05, 4.69) is 6.58 Å². The van der Waals surface area contributed by atoms with Crippen molar-refractivity contribution >= 4 is 49.1 Å². The molecule has 2 aliphatic rings. The average molecular weight is 496 g/mol. The van der Waals surface area contributed by atoms with Crippen molar-refractivity contribution in [2.45, 2.75) is 63.2 Å². The number of rotatable bonds is 7. The van der Waals surface area contributed by atoms with E-state index in [4.69, 9.17) is 4.98 Å². The van der Waals surface area contributed by atoms with Crippen molar-refractivity contribution in [3.05, 3.63) is 33.4 Å². The Morgan fingerprint density at radius 2 is 2.12 bits per heavy atom. The summed E-state index contributed by atoms with van der Waals surface area (Å²) in [7, 11) is -3.07. The van der Waals surface area contributed by atoms with Crippen LogP contribution in [-0.2, 0) is 34.0 Å². The number of thioether (sulfide) groups is 1. The average Bonchev–Trinajstić information content (AvgIpc) is 3.19. The third-order valence-electron chi connectivity index (χ3n) is 6.24. The quantitative estimate of drug-likeness (QED) is 0.254. The number of aryl methyl sites for hydroxylation is 2. The number of carbonyl (C=O) groups is 1. The van der Waals surface area contributed by atoms with E-state index in [0.717, 1.165) is 41.5 Å². The van der Waals surface area contributed by atoms with Crippen molar-refractivity contribution in [1.29, 1.82) is 0 Å². The predicted molar refractivity (Wildman–Crippen MR) is 131 cm³/mol. The van der Waals surface area contributed by atoms with Gasteiger partial charge in [0.25, 0.3) is 5.56 Å². The van der Waals surface area contributed by atoms with E-state index in [9.17, 15) is 18.0 Å². The number of hydrogen-bond acceptors (Lipinski definition) is 7. The largest absolute Gasteiger partial charge is 0.338 e. The van der Waals surface area contributed by atoms with Gasteiger partial charge in [-0.05, 0) is 44.6 Å². The Kier molecular flexibility index (Phi) is 7.11. The molecule has 1 aliphatic carbocycles. The van der Waals surface area contributed by atoms with E-state index >= 15 is 0 Å². The summed E-state index contributed by atoms with van der Waals surface area (Å²) in [5.41, 5.74) is 1.10. The fourth-order valence-electron chi connectivity index (χ4n) is 4.67. The van der Waals surface area contributed by atoms with E-state index in [0.29, 0.717) is 24.7 Å². The van der Waals surface area contributed by atoms with E-state index in [1.807, 2.05) is 6.92 Å². The van der Waals surface area contributed by atoms with Crippen LogP contribution in [-0.4, -0.2) is 58.6 Å². The molecule has 32 heavy (non-hydrogen) atoms. The van der Waals surface area contributed by atoms with Gasteiger partial charge in [0.05, 0.1) is 22.6 Å². The van der Waals surface area contributed by atoms with Gasteiger partial charge in [-0.3, -0.25) is 14.2 Å². The Morgan fingerprint density at radius 3 is 2.81 bits per heavy atom. The van der Waals surface area contributed by atoms with Gasteiger partial charge in [0, 0.05) is 24.0 Å². The molecule has 1 fully saturated rings. The minimum absolute atomic E-state index is 0.0311. The molecule has 0 aromatic carbocycles. The summed E-state index contributed by atoms with van der Waals surface area (Å²) >= 11 is 2.85. The number of hydrogen-bond donors (Lipinski definition) is 0. The van der Waals surface area contributed by atoms with Crippen LogP contribution in [0.4, 0.5) is 0 Å². The summed E-state index contributed by atoms with van der Waals surface area (Å²) in [6.45, 7) is 6.45. The molecule has 4 rings (SSSR count). The van der Waals surface area contributed by atoms with Gasteiger partial charge >= 0.3 is 0 Å². The lowest BCUT2D eigenvalue weighted by molar-refractivity contribution is -0.129. The topological polar surface area (TPSA) is 89.3 Å². The van der Waals surface area contributed by atoms with Gasteiger partial charge in [0.2, 0.25) is 5.91 Å². The summed E-state index contributed by atoms with van der Waals surface area (Å²) in [4.78, 5) is 34.8. The SMILES string of the molecule is C=CCn1c(SCC(=O)N(CC)C2CCS(=O)(=O)C2)nc2sc3c(c2c1=O)CCCCC3. The third-order valence-corrected chi connectivity index (χ3v) is 10.1. The molecule has 1 atom stereocenters. The van der Waals surface area contributed by atoms with Crippen LogP contribution < -0.4 is 5.56 Å². The Hall–Kier alpha value is -1.65. The van der Waals surface area contributed by atoms with Crippen molar-refractivity contribution in [1.82, 2.24) is 14.5 Å². The molecule has 3 heterocycles. The van der Waals surface area contributed by atoms with E-state index in [-0.39, 0.29) is 34.8 Å². The second kappa shape index (κ2) is 9.69. The van der Waals surface area contributed by atoms with Gasteiger partial charge in [-0.25, -0.2) is 13.4 Å². The predicted octanol–water partition coefficient (Wildman–Crippen LogP) is 3.04. The van der Waals surface area contributed by atoms with Crippen molar-refractivity contribution in [3.8, 4) is 0 Å². The molecule has 0 spiro atoms. The molecular weight excluding hydrogens is 466 g/mol. The Labute approximate surface area is 196 Å². The summed E-state index contributed by atoms with van der Waals surface area (Å²) < 4.78 is 25.3. The zero-order valence-electron chi connectivity index (χ0n) is 18.3. The number of amides is 1. The molecular formula is C22H29N3O4S3. The van der Waals surface area contributed by atoms with Crippen molar-refractivity contribution in [2.75, 3.05) is 23.8 Å². The van der Waals surface area contributed by atoms with Crippen LogP contribution in [0.3, 0.4) is 0 Å². The van der Waals surface area contributed by atoms with Crippen LogP contribution in [0.25, 0.3) is 10.2 Å². The number of aromatic nitrogens is 2. The third kappa shape index (κ3) is 4.68. The molecule has 7 nitrogen and oxygen atoms in total. The number of carbonyl (C=O) groups excluding carboxylic acids is 1. The first-order valence-corrected chi connectivity index (χ1v) is 14.8. The number of nitrogens with zero attached hydrogens (tertiary/aromatic N) is 3. The molecule has 0 bridgehead atoms. The molecule has 1 amide bonds. The highest BCUT2D eigenvalue weighted by Gasteiger charge is 2.34. The Bertz CT molecular complexity index is 1200. The fourth-order valence-corrected chi connectivity index (χ4v) is 8.59. The van der Waals surface area contributed by atoms with Gasteiger partial charge in [0.15, 0.2) is 15.0 Å². The van der Waals surface area contributed by atoms with Crippen LogP contribution in [0, 0.1) is 0 Å². The smallest absolute Gasteiger partial charge is 0.263 e. The fraction of sp³-hybridized carbons (Fsp3) is 0.591. The highest BCUT2D eigenvalue weighted by molar-refractivity contribution is 7.99. The van der Waals surface area contributed by atoms with Crippen LogP contribution in [0.2, 0.25) is 0 Å². The van der Waals surface area contributed by atoms with Crippen molar-refractivity contribution in [3.63, 3.8) is 0 Å². The van der Waals surface area contributed by atoms with Crippen molar-refractivity contribution in [2.24, 2.45) is 0 Å². The first kappa shape index (κ1) is 23.5. The number of allylic oxidation sites excluding steroid dienone is 1. The molecule has 174 valence electrons. The summed E-state index contributed by atoms with van der Waals surface area (Å²) in [6.07, 6.45) is 7.49. The van der Waals surface area contributed by atoms with Gasteiger partial charge in [-0.2, -0.15) is 0 Å². The number of fused-ring (bicyclic) bond motifs is 3. The molecule has 1 unspecified atom stereocenters.